The summed E-state index contributed by atoms with van der Waals surface area (Å²) in [6, 6.07) is 7.34. The summed E-state index contributed by atoms with van der Waals surface area (Å²) in [4.78, 5) is 2.11. The van der Waals surface area contributed by atoms with Gasteiger partial charge in [0, 0.05) is 11.6 Å². The normalized spacial score (nSPS) is 12.9. The number of hydrogen-bond donors (Lipinski definition) is 1. The number of nitrogens with zero attached hydrogens (tertiary/aromatic N) is 3. The van der Waals surface area contributed by atoms with E-state index in [1.807, 2.05) is 43.0 Å². The van der Waals surface area contributed by atoms with Crippen LogP contribution in [0.4, 0.5) is 0 Å². The highest BCUT2D eigenvalue weighted by atomic mass is 79.9. The van der Waals surface area contributed by atoms with E-state index in [2.05, 4.69) is 25.9 Å². The second-order valence-electron chi connectivity index (χ2n) is 4.90. The zero-order chi connectivity index (χ0) is 14.7. The molecule has 108 valence electrons. The van der Waals surface area contributed by atoms with Gasteiger partial charge in [0.1, 0.15) is 0 Å². The highest BCUT2D eigenvalue weighted by Gasteiger charge is 2.20. The highest BCUT2D eigenvalue weighted by molar-refractivity contribution is 9.10. The maximum Gasteiger partial charge on any atom is 0.0749 e. The molecule has 1 aromatic carbocycles. The third-order valence-corrected chi connectivity index (χ3v) is 4.08. The molecular weight excluding hydrogens is 340 g/mol. The van der Waals surface area contributed by atoms with E-state index >= 15 is 0 Å². The topological polar surface area (TPSA) is 47.1 Å². The predicted molar refractivity (Wildman–Crippen MR) is 86.0 cm³/mol. The Bertz CT molecular complexity index is 582. The van der Waals surface area contributed by atoms with Crippen molar-refractivity contribution in [3.8, 4) is 0 Å². The van der Waals surface area contributed by atoms with Gasteiger partial charge < -0.3 is 10.6 Å². The molecular formula is C14H18BrClN4. The molecule has 1 atom stereocenters. The number of likely N-dealkylation sites (N-methyl/N-ethyl adjacent to an activating group) is 1. The Morgan fingerprint density at radius 1 is 1.40 bits per heavy atom. The largest absolute Gasteiger partial charge is 0.319 e. The Hall–Kier alpha value is -0.880. The molecule has 2 N–H and O–H groups in total. The summed E-state index contributed by atoms with van der Waals surface area (Å²) in [6.07, 6.45) is 1.78. The lowest BCUT2D eigenvalue weighted by molar-refractivity contribution is 0.368. The average molecular weight is 358 g/mol. The zero-order valence-corrected chi connectivity index (χ0v) is 13.9. The molecule has 0 radical (unpaired) electrons. The summed E-state index contributed by atoms with van der Waals surface area (Å²) in [5.74, 6) is 0. The Morgan fingerprint density at radius 3 is 2.75 bits per heavy atom. The molecule has 1 aromatic heterocycles. The molecule has 1 heterocycles. The van der Waals surface area contributed by atoms with Crippen LogP contribution in [0.15, 0.2) is 34.9 Å². The number of halogens is 2. The van der Waals surface area contributed by atoms with Gasteiger partial charge in [-0.15, -0.1) is 0 Å². The van der Waals surface area contributed by atoms with Gasteiger partial charge in [-0.05, 0) is 41.7 Å². The standard InChI is InChI=1S/C14H18BrClN4/c1-19(2)7-8-20-14(11(15)9-18-20)13(17)10-5-3-4-6-12(10)16/h3-6,9,13H,7-8,17H2,1-2H3. The summed E-state index contributed by atoms with van der Waals surface area (Å²) in [5.41, 5.74) is 8.23. The van der Waals surface area contributed by atoms with Crippen LogP contribution in [0.25, 0.3) is 0 Å². The van der Waals surface area contributed by atoms with Crippen LogP contribution < -0.4 is 5.73 Å². The summed E-state index contributed by atoms with van der Waals surface area (Å²) in [6.45, 7) is 1.68. The van der Waals surface area contributed by atoms with E-state index in [-0.39, 0.29) is 6.04 Å². The van der Waals surface area contributed by atoms with E-state index in [4.69, 9.17) is 17.3 Å². The van der Waals surface area contributed by atoms with Gasteiger partial charge in [0.05, 0.1) is 29.0 Å². The van der Waals surface area contributed by atoms with Crippen molar-refractivity contribution in [2.75, 3.05) is 20.6 Å². The Kier molecular flexibility index (Phi) is 5.21. The van der Waals surface area contributed by atoms with Crippen molar-refractivity contribution in [3.05, 3.63) is 51.2 Å². The van der Waals surface area contributed by atoms with Crippen molar-refractivity contribution >= 4 is 27.5 Å². The summed E-state index contributed by atoms with van der Waals surface area (Å²) in [7, 11) is 4.07. The van der Waals surface area contributed by atoms with Gasteiger partial charge in [-0.2, -0.15) is 5.10 Å². The monoisotopic (exact) mass is 356 g/mol. The molecule has 0 aliphatic carbocycles. The zero-order valence-electron chi connectivity index (χ0n) is 11.6. The maximum absolute atomic E-state index is 6.38. The van der Waals surface area contributed by atoms with Crippen molar-refractivity contribution in [3.63, 3.8) is 0 Å². The van der Waals surface area contributed by atoms with Crippen LogP contribution in [-0.4, -0.2) is 35.3 Å². The van der Waals surface area contributed by atoms with Crippen LogP contribution in [0, 0.1) is 0 Å². The van der Waals surface area contributed by atoms with E-state index in [1.54, 1.807) is 6.20 Å². The van der Waals surface area contributed by atoms with Gasteiger partial charge in [-0.25, -0.2) is 0 Å². The molecule has 0 aliphatic rings. The Morgan fingerprint density at radius 2 is 2.10 bits per heavy atom. The number of rotatable bonds is 5. The first-order valence-corrected chi connectivity index (χ1v) is 7.53. The van der Waals surface area contributed by atoms with E-state index in [0.29, 0.717) is 5.02 Å². The van der Waals surface area contributed by atoms with Gasteiger partial charge in [0.25, 0.3) is 0 Å². The molecule has 0 saturated carbocycles. The maximum atomic E-state index is 6.38. The van der Waals surface area contributed by atoms with Gasteiger partial charge >= 0.3 is 0 Å². The second kappa shape index (κ2) is 6.72. The molecule has 0 spiro atoms. The van der Waals surface area contributed by atoms with Crippen molar-refractivity contribution in [2.45, 2.75) is 12.6 Å². The first kappa shape index (κ1) is 15.5. The van der Waals surface area contributed by atoms with E-state index in [9.17, 15) is 0 Å². The van der Waals surface area contributed by atoms with Gasteiger partial charge in [-0.1, -0.05) is 29.8 Å². The van der Waals surface area contributed by atoms with E-state index in [1.165, 1.54) is 0 Å². The molecule has 6 heteroatoms. The first-order valence-electron chi connectivity index (χ1n) is 6.36. The van der Waals surface area contributed by atoms with Crippen molar-refractivity contribution < 1.29 is 0 Å². The van der Waals surface area contributed by atoms with E-state index < -0.39 is 0 Å². The molecule has 0 amide bonds. The fourth-order valence-electron chi connectivity index (χ4n) is 2.03. The van der Waals surface area contributed by atoms with E-state index in [0.717, 1.165) is 28.8 Å². The average Bonchev–Trinajstić information content (AvgIpc) is 2.77. The van der Waals surface area contributed by atoms with Crippen molar-refractivity contribution in [1.82, 2.24) is 14.7 Å². The predicted octanol–water partition coefficient (Wildman–Crippen LogP) is 2.91. The van der Waals surface area contributed by atoms with Gasteiger partial charge in [0.15, 0.2) is 0 Å². The van der Waals surface area contributed by atoms with Crippen LogP contribution >= 0.6 is 27.5 Å². The quantitative estimate of drug-likeness (QED) is 0.895. The third kappa shape index (κ3) is 3.41. The van der Waals surface area contributed by atoms with Crippen LogP contribution in [0.5, 0.6) is 0 Å². The number of hydrogen-bond acceptors (Lipinski definition) is 3. The number of benzene rings is 1. The molecule has 4 nitrogen and oxygen atoms in total. The Balaban J connectivity index is 2.32. The molecule has 0 saturated heterocycles. The molecule has 0 fully saturated rings. The lowest BCUT2D eigenvalue weighted by atomic mass is 10.0. The van der Waals surface area contributed by atoms with Gasteiger partial charge in [0.2, 0.25) is 0 Å². The first-order chi connectivity index (χ1) is 9.50. The molecule has 2 rings (SSSR count). The van der Waals surface area contributed by atoms with Gasteiger partial charge in [-0.3, -0.25) is 4.68 Å². The summed E-state index contributed by atoms with van der Waals surface area (Å²) >= 11 is 9.76. The lowest BCUT2D eigenvalue weighted by Gasteiger charge is -2.18. The minimum absolute atomic E-state index is 0.303. The highest BCUT2D eigenvalue weighted by Crippen LogP contribution is 2.30. The molecule has 2 aromatic rings. The molecule has 20 heavy (non-hydrogen) atoms. The summed E-state index contributed by atoms with van der Waals surface area (Å²) < 4.78 is 2.83. The summed E-state index contributed by atoms with van der Waals surface area (Å²) in [5, 5.41) is 5.06. The Labute approximate surface area is 132 Å². The fraction of sp³-hybridized carbons (Fsp3) is 0.357. The molecule has 0 bridgehead atoms. The minimum atomic E-state index is -0.303. The smallest absolute Gasteiger partial charge is 0.0749 e. The van der Waals surface area contributed by atoms with Crippen LogP contribution in [-0.2, 0) is 6.54 Å². The molecule has 0 aliphatic heterocycles. The fourth-order valence-corrected chi connectivity index (χ4v) is 2.82. The SMILES string of the molecule is CN(C)CCn1ncc(Br)c1C(N)c1ccccc1Cl. The second-order valence-corrected chi connectivity index (χ2v) is 6.16. The number of nitrogens with two attached hydrogens (primary N) is 1. The minimum Gasteiger partial charge on any atom is -0.319 e. The van der Waals surface area contributed by atoms with Crippen molar-refractivity contribution in [1.29, 1.82) is 0 Å². The van der Waals surface area contributed by atoms with Crippen LogP contribution in [0.3, 0.4) is 0 Å². The van der Waals surface area contributed by atoms with Crippen molar-refractivity contribution in [2.24, 2.45) is 5.73 Å². The van der Waals surface area contributed by atoms with Crippen LogP contribution in [0.1, 0.15) is 17.3 Å². The third-order valence-electron chi connectivity index (χ3n) is 3.13. The number of aromatic nitrogens is 2. The van der Waals surface area contributed by atoms with Crippen LogP contribution in [0.2, 0.25) is 5.02 Å². The lowest BCUT2D eigenvalue weighted by Crippen LogP contribution is -2.23. The molecule has 1 unspecified atom stereocenters.